The maximum Gasteiger partial charge on any atom is 0.352 e. The zero-order chi connectivity index (χ0) is 22.1. The van der Waals surface area contributed by atoms with E-state index >= 15 is 0 Å². The van der Waals surface area contributed by atoms with Gasteiger partial charge >= 0.3 is 5.97 Å². The summed E-state index contributed by atoms with van der Waals surface area (Å²) in [7, 11) is 0. The summed E-state index contributed by atoms with van der Waals surface area (Å²) in [4.78, 5) is 50.1. The van der Waals surface area contributed by atoms with Gasteiger partial charge in [-0.3, -0.25) is 14.5 Å². The number of aliphatic carboxylic acids is 1. The Bertz CT molecular complexity index is 1040. The van der Waals surface area contributed by atoms with Crippen LogP contribution in [0, 0.1) is 4.91 Å². The number of thiophene rings is 1. The molecule has 4 atom stereocenters. The van der Waals surface area contributed by atoms with E-state index in [1.807, 2.05) is 0 Å². The Kier molecular flexibility index (Phi) is 6.06. The molecule has 2 aliphatic heterocycles. The van der Waals surface area contributed by atoms with Crippen LogP contribution in [0.15, 0.2) is 39.1 Å². The average Bonchev–Trinajstić information content (AvgIpc) is 3.45. The van der Waals surface area contributed by atoms with Gasteiger partial charge in [-0.1, -0.05) is 23.0 Å². The summed E-state index contributed by atoms with van der Waals surface area (Å²) in [6.45, 7) is 1.80. The fraction of sp³-hybridized carbons (Fsp3) is 0.375. The van der Waals surface area contributed by atoms with E-state index in [0.717, 1.165) is 0 Å². The van der Waals surface area contributed by atoms with Crippen LogP contribution in [-0.4, -0.2) is 70.8 Å². The number of aromatic amines is 1. The number of amides is 2. The first-order valence-corrected chi connectivity index (χ1v) is 11.7. The molecule has 4 rings (SSSR count). The van der Waals surface area contributed by atoms with Crippen LogP contribution in [0.4, 0.5) is 0 Å². The molecule has 1 fully saturated rings. The van der Waals surface area contributed by atoms with Gasteiger partial charge in [-0.05, 0) is 29.2 Å². The molecule has 0 aromatic carbocycles. The van der Waals surface area contributed by atoms with Crippen LogP contribution in [0.5, 0.6) is 0 Å². The molecule has 0 radical (unpaired) electrons. The second kappa shape index (κ2) is 8.76. The number of rotatable bonds is 8. The third-order valence-electron chi connectivity index (χ3n) is 4.76. The summed E-state index contributed by atoms with van der Waals surface area (Å²) in [5.41, 5.74) is 0.443. The third-order valence-corrected chi connectivity index (χ3v) is 8.01. The Morgan fingerprint density at radius 3 is 2.90 bits per heavy atom. The van der Waals surface area contributed by atoms with Gasteiger partial charge in [0, 0.05) is 15.9 Å². The Hall–Kier alpha value is -2.78. The summed E-state index contributed by atoms with van der Waals surface area (Å²) in [5.74, 6) is -2.13. The number of thioether (sulfide) groups is 2. The first-order chi connectivity index (χ1) is 14.9. The van der Waals surface area contributed by atoms with Gasteiger partial charge in [0.05, 0.1) is 0 Å². The number of β-lactam (4-membered cyclic amide) rings is 1. The normalized spacial score (nSPS) is 22.4. The highest BCUT2D eigenvalue weighted by Gasteiger charge is 2.55. The van der Waals surface area contributed by atoms with Crippen molar-refractivity contribution in [3.05, 3.63) is 38.6 Å². The molecule has 162 valence electrons. The number of hydrogen-bond donors (Lipinski definition) is 3. The van der Waals surface area contributed by atoms with Crippen LogP contribution in [0.25, 0.3) is 0 Å². The van der Waals surface area contributed by atoms with Crippen molar-refractivity contribution in [3.8, 4) is 0 Å². The molecule has 2 aliphatic rings. The van der Waals surface area contributed by atoms with Gasteiger partial charge in [-0.15, -0.1) is 38.2 Å². The molecular formula is C16H15N7O5S3. The molecule has 0 bridgehead atoms. The molecule has 4 heterocycles. The van der Waals surface area contributed by atoms with Crippen LogP contribution in [-0.2, 0) is 14.4 Å². The van der Waals surface area contributed by atoms with Gasteiger partial charge in [0.2, 0.25) is 11.2 Å². The van der Waals surface area contributed by atoms with Crippen LogP contribution in [0.2, 0.25) is 0 Å². The highest BCUT2D eigenvalue weighted by Crippen LogP contribution is 2.43. The van der Waals surface area contributed by atoms with Gasteiger partial charge in [-0.25, -0.2) is 4.79 Å². The predicted molar refractivity (Wildman–Crippen MR) is 112 cm³/mol. The zero-order valence-corrected chi connectivity index (χ0v) is 18.2. The zero-order valence-electron chi connectivity index (χ0n) is 15.8. The van der Waals surface area contributed by atoms with Crippen LogP contribution in [0.3, 0.4) is 0 Å². The number of aromatic nitrogens is 4. The number of H-pyrrole nitrogens is 1. The second-order valence-corrected chi connectivity index (χ2v) is 9.95. The fourth-order valence-corrected chi connectivity index (χ4v) is 6.46. The lowest BCUT2D eigenvalue weighted by Gasteiger charge is -2.50. The van der Waals surface area contributed by atoms with Gasteiger partial charge in [0.15, 0.2) is 0 Å². The van der Waals surface area contributed by atoms with E-state index in [-0.39, 0.29) is 10.9 Å². The highest BCUT2D eigenvalue weighted by atomic mass is 32.2. The summed E-state index contributed by atoms with van der Waals surface area (Å²) in [6.07, 6.45) is 0. The van der Waals surface area contributed by atoms with Gasteiger partial charge in [0.25, 0.3) is 11.8 Å². The number of carbonyl (C=O) groups is 3. The van der Waals surface area contributed by atoms with Crippen LogP contribution >= 0.6 is 34.9 Å². The van der Waals surface area contributed by atoms with E-state index in [1.54, 1.807) is 24.4 Å². The van der Waals surface area contributed by atoms with Crippen molar-refractivity contribution in [1.82, 2.24) is 30.8 Å². The van der Waals surface area contributed by atoms with Crippen molar-refractivity contribution in [2.75, 3.05) is 5.75 Å². The molecule has 2 aromatic heterocycles. The molecule has 15 heteroatoms. The van der Waals surface area contributed by atoms with Gasteiger partial charge < -0.3 is 10.4 Å². The smallest absolute Gasteiger partial charge is 0.352 e. The minimum Gasteiger partial charge on any atom is -0.477 e. The van der Waals surface area contributed by atoms with Crippen molar-refractivity contribution >= 4 is 52.6 Å². The number of fused-ring (bicyclic) bond motifs is 1. The fourth-order valence-electron chi connectivity index (χ4n) is 3.29. The maximum atomic E-state index is 12.8. The summed E-state index contributed by atoms with van der Waals surface area (Å²) in [5, 5.41) is 29.9. The Morgan fingerprint density at radius 2 is 2.29 bits per heavy atom. The number of nitrogens with one attached hydrogen (secondary N) is 2. The summed E-state index contributed by atoms with van der Waals surface area (Å²) >= 11 is 3.77. The SMILES string of the molecule is CC(Sc1nn[nH]n1)C1=C(C(=O)O)N2C(=O)[C@@H](NC(=O)C(N=O)c3cccs3)[C@@H]2SC1. The molecule has 2 aromatic rings. The number of tetrazole rings is 1. The van der Waals surface area contributed by atoms with Gasteiger partial charge in [-0.2, -0.15) is 5.21 Å². The molecule has 0 saturated carbocycles. The van der Waals surface area contributed by atoms with E-state index < -0.39 is 35.2 Å². The number of nitroso groups, excluding NO2 is 1. The van der Waals surface area contributed by atoms with Crippen molar-refractivity contribution in [3.63, 3.8) is 0 Å². The van der Waals surface area contributed by atoms with E-state index in [2.05, 4.69) is 31.1 Å². The molecule has 1 saturated heterocycles. The number of carboxylic acids is 1. The quantitative estimate of drug-likeness (QED) is 0.280. The molecule has 0 aliphatic carbocycles. The molecule has 3 N–H and O–H groups in total. The molecular weight excluding hydrogens is 466 g/mol. The van der Waals surface area contributed by atoms with Crippen molar-refractivity contribution in [1.29, 1.82) is 0 Å². The van der Waals surface area contributed by atoms with Crippen molar-refractivity contribution in [2.45, 2.75) is 34.8 Å². The number of carboxylic acid groups (broad SMARTS) is 1. The standard InChI is InChI=1S/C16H15N7O5S3/c1-6(31-16-18-21-22-19-16)7-5-30-14-10(13(25)23(14)11(7)15(26)27)17-12(24)9(20-28)8-3-2-4-29-8/h2-4,6,9-10,14H,5H2,1H3,(H,17,24)(H,26,27)(H,18,19,21,22)/t6?,9?,10-,14+/m1/s1. The molecule has 12 nitrogen and oxygen atoms in total. The second-order valence-electron chi connectivity index (χ2n) is 6.55. The molecule has 2 amide bonds. The predicted octanol–water partition coefficient (Wildman–Crippen LogP) is 0.988. The third kappa shape index (κ3) is 3.95. The first-order valence-electron chi connectivity index (χ1n) is 8.89. The molecule has 31 heavy (non-hydrogen) atoms. The number of nitrogens with zero attached hydrogens (tertiary/aromatic N) is 5. The van der Waals surface area contributed by atoms with Crippen molar-refractivity contribution < 1.29 is 19.5 Å². The first kappa shape index (κ1) is 21.5. The summed E-state index contributed by atoms with van der Waals surface area (Å²) < 4.78 is 0. The lowest BCUT2D eigenvalue weighted by Crippen LogP contribution is -2.71. The van der Waals surface area contributed by atoms with Crippen LogP contribution in [0.1, 0.15) is 17.8 Å². The Labute approximate surface area is 187 Å². The highest BCUT2D eigenvalue weighted by molar-refractivity contribution is 8.01. The van der Waals surface area contributed by atoms with Gasteiger partial charge in [0.1, 0.15) is 17.1 Å². The summed E-state index contributed by atoms with van der Waals surface area (Å²) in [6, 6.07) is 1.11. The lowest BCUT2D eigenvalue weighted by atomic mass is 10.0. The van der Waals surface area contributed by atoms with Crippen molar-refractivity contribution in [2.24, 2.45) is 5.18 Å². The minimum atomic E-state index is -1.26. The molecule has 0 spiro atoms. The lowest BCUT2D eigenvalue weighted by molar-refractivity contribution is -0.150. The molecule has 2 unspecified atom stereocenters. The minimum absolute atomic E-state index is 0.105. The number of carbonyl (C=O) groups excluding carboxylic acids is 2. The van der Waals surface area contributed by atoms with Crippen LogP contribution < -0.4 is 5.32 Å². The maximum absolute atomic E-state index is 12.8. The van der Waals surface area contributed by atoms with E-state index in [9.17, 15) is 24.4 Å². The van der Waals surface area contributed by atoms with E-state index in [0.29, 0.717) is 21.4 Å². The average molecular weight is 482 g/mol. The topological polar surface area (TPSA) is 171 Å². The largest absolute Gasteiger partial charge is 0.477 e. The Morgan fingerprint density at radius 1 is 1.48 bits per heavy atom. The van der Waals surface area contributed by atoms with E-state index in [4.69, 9.17) is 0 Å². The number of hydrogen-bond acceptors (Lipinski definition) is 11. The van der Waals surface area contributed by atoms with E-state index in [1.165, 1.54) is 39.8 Å². The Balaban J connectivity index is 1.51. The monoisotopic (exact) mass is 481 g/mol.